The third-order valence-electron chi connectivity index (χ3n) is 5.16. The Labute approximate surface area is 169 Å². The van der Waals surface area contributed by atoms with Gasteiger partial charge >= 0.3 is 0 Å². The van der Waals surface area contributed by atoms with Crippen molar-refractivity contribution in [1.82, 2.24) is 34.3 Å². The van der Waals surface area contributed by atoms with E-state index in [0.29, 0.717) is 23.7 Å². The van der Waals surface area contributed by atoms with E-state index in [1.807, 2.05) is 6.07 Å². The van der Waals surface area contributed by atoms with Crippen molar-refractivity contribution in [2.75, 3.05) is 6.54 Å². The molecule has 8 nitrogen and oxygen atoms in total. The van der Waals surface area contributed by atoms with Crippen molar-refractivity contribution >= 4 is 23.0 Å². The summed E-state index contributed by atoms with van der Waals surface area (Å²) in [5, 5.41) is 9.14. The number of nitrogens with zero attached hydrogens (tertiary/aromatic N) is 6. The number of carbonyl (C=O) groups excluding carboxylic acids is 1. The van der Waals surface area contributed by atoms with Crippen molar-refractivity contribution in [2.45, 2.75) is 25.7 Å². The van der Waals surface area contributed by atoms with Crippen LogP contribution >= 0.6 is 11.6 Å². The van der Waals surface area contributed by atoms with Crippen LogP contribution in [0.25, 0.3) is 5.52 Å². The number of nitrogens with one attached hydrogen (secondary N) is 1. The van der Waals surface area contributed by atoms with Gasteiger partial charge in [0.15, 0.2) is 6.30 Å². The molecule has 2 atom stereocenters. The smallest absolute Gasteiger partial charge is 0.273 e. The fraction of sp³-hybridized carbons (Fsp3) is 0.263. The van der Waals surface area contributed by atoms with Gasteiger partial charge in [0.2, 0.25) is 0 Å². The lowest BCUT2D eigenvalue weighted by Crippen LogP contribution is -2.41. The van der Waals surface area contributed by atoms with Crippen molar-refractivity contribution < 1.29 is 9.18 Å². The Morgan fingerprint density at radius 1 is 1.41 bits per heavy atom. The Kier molecular flexibility index (Phi) is 4.13. The fourth-order valence-corrected chi connectivity index (χ4v) is 4.06. The van der Waals surface area contributed by atoms with Gasteiger partial charge in [-0.25, -0.2) is 18.6 Å². The minimum atomic E-state index is -1.41. The van der Waals surface area contributed by atoms with Crippen LogP contribution < -0.4 is 0 Å². The summed E-state index contributed by atoms with van der Waals surface area (Å²) in [5.41, 5.74) is 3.24. The van der Waals surface area contributed by atoms with Crippen LogP contribution in [0.5, 0.6) is 0 Å². The van der Waals surface area contributed by atoms with Gasteiger partial charge in [-0.05, 0) is 31.2 Å². The number of rotatable bonds is 3. The number of imidazole rings is 1. The Morgan fingerprint density at radius 3 is 3.07 bits per heavy atom. The molecule has 1 amide bonds. The van der Waals surface area contributed by atoms with Crippen LogP contribution in [0.2, 0.25) is 5.02 Å². The third-order valence-corrected chi connectivity index (χ3v) is 5.48. The van der Waals surface area contributed by atoms with Gasteiger partial charge in [0.1, 0.15) is 11.7 Å². The molecule has 0 bridgehead atoms. The Bertz CT molecular complexity index is 1210. The molecule has 5 rings (SSSR count). The molecule has 1 aliphatic rings. The Morgan fingerprint density at radius 2 is 2.28 bits per heavy atom. The van der Waals surface area contributed by atoms with Crippen molar-refractivity contribution in [1.29, 1.82) is 0 Å². The van der Waals surface area contributed by atoms with E-state index < -0.39 is 12.3 Å². The van der Waals surface area contributed by atoms with Crippen LogP contribution in [0.3, 0.4) is 0 Å². The first-order valence-corrected chi connectivity index (χ1v) is 9.57. The average molecular weight is 414 g/mol. The molecule has 29 heavy (non-hydrogen) atoms. The number of alkyl halides is 1. The van der Waals surface area contributed by atoms with E-state index in [-0.39, 0.29) is 11.6 Å². The van der Waals surface area contributed by atoms with Crippen LogP contribution in [0, 0.1) is 0 Å². The first kappa shape index (κ1) is 17.9. The number of carbonyl (C=O) groups is 1. The number of aromatic amines is 1. The lowest BCUT2D eigenvalue weighted by molar-refractivity contribution is 0.0662. The number of pyridine rings is 1. The van der Waals surface area contributed by atoms with Gasteiger partial charge in [-0.2, -0.15) is 10.2 Å². The van der Waals surface area contributed by atoms with E-state index in [0.717, 1.165) is 21.6 Å². The highest BCUT2D eigenvalue weighted by Gasteiger charge is 2.37. The number of amides is 1. The summed E-state index contributed by atoms with van der Waals surface area (Å²) in [7, 11) is 0. The van der Waals surface area contributed by atoms with Gasteiger partial charge in [-0.1, -0.05) is 11.6 Å². The molecular weight excluding hydrogens is 397 g/mol. The maximum absolute atomic E-state index is 13.9. The predicted octanol–water partition coefficient (Wildman–Crippen LogP) is 3.18. The minimum Gasteiger partial charge on any atom is -0.348 e. The summed E-state index contributed by atoms with van der Waals surface area (Å²) < 4.78 is 16.7. The SMILES string of the molecule is CC(F)n1nccc1C(=O)N1CCc2[nH]cnc2[C@H]1c1cc2c(Cl)cccn2n1. The molecule has 1 unspecified atom stereocenters. The first-order chi connectivity index (χ1) is 14.0. The molecule has 0 spiro atoms. The monoisotopic (exact) mass is 413 g/mol. The maximum Gasteiger partial charge on any atom is 0.273 e. The molecule has 0 fully saturated rings. The van der Waals surface area contributed by atoms with E-state index in [2.05, 4.69) is 20.2 Å². The number of fused-ring (bicyclic) bond motifs is 2. The number of hydrogen-bond donors (Lipinski definition) is 1. The lowest BCUT2D eigenvalue weighted by atomic mass is 9.99. The molecule has 0 saturated carbocycles. The largest absolute Gasteiger partial charge is 0.348 e. The molecule has 148 valence electrons. The van der Waals surface area contributed by atoms with Crippen LogP contribution in [-0.2, 0) is 6.42 Å². The third kappa shape index (κ3) is 2.80. The molecule has 10 heteroatoms. The summed E-state index contributed by atoms with van der Waals surface area (Å²) >= 11 is 6.31. The number of halogens is 2. The van der Waals surface area contributed by atoms with E-state index in [4.69, 9.17) is 11.6 Å². The summed E-state index contributed by atoms with van der Waals surface area (Å²) in [5.74, 6) is -0.325. The highest BCUT2D eigenvalue weighted by Crippen LogP contribution is 2.35. The molecule has 0 aliphatic carbocycles. The zero-order valence-electron chi connectivity index (χ0n) is 15.5. The number of aromatic nitrogens is 6. The summed E-state index contributed by atoms with van der Waals surface area (Å²) in [6, 6.07) is 6.44. The standard InChI is InChI=1S/C19H17ClFN7O/c1-11(21)28-15(4-6-24-28)19(29)26-8-5-13-17(23-10-22-13)18(26)14-9-16-12(20)3-2-7-27(16)25-14/h2-4,6-7,9-11,18H,5,8H2,1H3,(H,22,23)/t11?,18-/m1/s1. The second kappa shape index (κ2) is 6.70. The number of H-pyrrole nitrogens is 1. The Balaban J connectivity index is 1.63. The number of hydrogen-bond acceptors (Lipinski definition) is 4. The van der Waals surface area contributed by atoms with Gasteiger partial charge in [-0.3, -0.25) is 4.79 Å². The van der Waals surface area contributed by atoms with Crippen molar-refractivity contribution in [2.24, 2.45) is 0 Å². The van der Waals surface area contributed by atoms with Gasteiger partial charge in [-0.15, -0.1) is 0 Å². The molecule has 4 aromatic rings. The average Bonchev–Trinajstić information content (AvgIpc) is 3.44. The van der Waals surface area contributed by atoms with E-state index in [9.17, 15) is 9.18 Å². The normalized spacial score (nSPS) is 17.5. The summed E-state index contributed by atoms with van der Waals surface area (Å²) in [4.78, 5) is 22.6. The van der Waals surface area contributed by atoms with E-state index >= 15 is 0 Å². The Hall–Kier alpha value is -3.20. The molecule has 0 aromatic carbocycles. The molecule has 1 aliphatic heterocycles. The molecule has 4 aromatic heterocycles. The topological polar surface area (TPSA) is 84.1 Å². The molecule has 5 heterocycles. The minimum absolute atomic E-state index is 0.186. The highest BCUT2D eigenvalue weighted by molar-refractivity contribution is 6.33. The lowest BCUT2D eigenvalue weighted by Gasteiger charge is -2.34. The van der Waals surface area contributed by atoms with E-state index in [1.165, 1.54) is 19.2 Å². The molecule has 1 N–H and O–H groups in total. The molecular formula is C19H17ClFN7O. The van der Waals surface area contributed by atoms with Crippen molar-refractivity contribution in [3.8, 4) is 0 Å². The summed E-state index contributed by atoms with van der Waals surface area (Å²) in [6.45, 7) is 1.78. The highest BCUT2D eigenvalue weighted by atomic mass is 35.5. The first-order valence-electron chi connectivity index (χ1n) is 9.19. The zero-order valence-corrected chi connectivity index (χ0v) is 16.2. The van der Waals surface area contributed by atoms with Crippen LogP contribution in [-0.4, -0.2) is 46.7 Å². The van der Waals surface area contributed by atoms with E-state index in [1.54, 1.807) is 34.1 Å². The molecule has 0 radical (unpaired) electrons. The van der Waals surface area contributed by atoms with Crippen LogP contribution in [0.1, 0.15) is 46.8 Å². The van der Waals surface area contributed by atoms with Gasteiger partial charge in [0.25, 0.3) is 5.91 Å². The van der Waals surface area contributed by atoms with Crippen molar-refractivity contribution in [3.05, 3.63) is 70.8 Å². The summed E-state index contributed by atoms with van der Waals surface area (Å²) in [6.07, 6.45) is 4.03. The predicted molar refractivity (Wildman–Crippen MR) is 103 cm³/mol. The maximum atomic E-state index is 13.9. The quantitative estimate of drug-likeness (QED) is 0.559. The molecule has 0 saturated heterocycles. The van der Waals surface area contributed by atoms with Crippen LogP contribution in [0.4, 0.5) is 4.39 Å². The van der Waals surface area contributed by atoms with Crippen molar-refractivity contribution in [3.63, 3.8) is 0 Å². The van der Waals surface area contributed by atoms with Gasteiger partial charge in [0.05, 0.1) is 28.3 Å². The second-order valence-corrected chi connectivity index (χ2v) is 7.31. The van der Waals surface area contributed by atoms with Crippen LogP contribution in [0.15, 0.2) is 43.0 Å². The van der Waals surface area contributed by atoms with Gasteiger partial charge < -0.3 is 9.88 Å². The fourth-order valence-electron chi connectivity index (χ4n) is 3.84. The second-order valence-electron chi connectivity index (χ2n) is 6.91. The van der Waals surface area contributed by atoms with Gasteiger partial charge in [0, 0.05) is 31.1 Å². The zero-order chi connectivity index (χ0) is 20.1.